The molecule has 2 aliphatic heterocycles. The molecule has 13 aromatic rings. The number of nitrogens with zero attached hydrogens (tertiary/aromatic N) is 8. The molecule has 15 rings (SSSR count). The fourth-order valence-electron chi connectivity index (χ4n) is 10.2. The van der Waals surface area contributed by atoms with Crippen LogP contribution in [0, 0.1) is 0 Å². The third-order valence-corrected chi connectivity index (χ3v) is 18.3. The summed E-state index contributed by atoms with van der Waals surface area (Å²) in [5.41, 5.74) is 12.3. The van der Waals surface area contributed by atoms with Crippen molar-refractivity contribution in [3.63, 3.8) is 0 Å². The number of rotatable bonds is 11. The van der Waals surface area contributed by atoms with Crippen molar-refractivity contribution in [2.45, 2.75) is 13.2 Å². The van der Waals surface area contributed by atoms with Crippen molar-refractivity contribution in [2.75, 3.05) is 89.5 Å². The summed E-state index contributed by atoms with van der Waals surface area (Å²) >= 11 is 36.7. The van der Waals surface area contributed by atoms with Gasteiger partial charge in [0.25, 0.3) is 5.56 Å². The maximum atomic E-state index is 11.6. The van der Waals surface area contributed by atoms with Crippen LogP contribution in [0.4, 0.5) is 17.1 Å². The Labute approximate surface area is 650 Å². The molecule has 25 nitrogen and oxygen atoms in total. The Bertz CT molecular complexity index is 5480. The Hall–Kier alpha value is -9.27. The normalized spacial score (nSPS) is 12.4. The third kappa shape index (κ3) is 21.9. The zero-order valence-corrected chi connectivity index (χ0v) is 64.9. The second-order valence-electron chi connectivity index (χ2n) is 22.2. The molecular weight excluding hydrogens is 1700 g/mol. The van der Waals surface area contributed by atoms with Crippen molar-refractivity contribution >= 4 is 188 Å². The van der Waals surface area contributed by atoms with Crippen LogP contribution in [-0.4, -0.2) is 125 Å². The average molecular weight is 1760 g/mol. The highest BCUT2D eigenvalue weighted by Crippen LogP contribution is 2.31. The van der Waals surface area contributed by atoms with Crippen LogP contribution in [-0.2, 0) is 27.4 Å². The molecule has 0 bridgehead atoms. The van der Waals surface area contributed by atoms with E-state index in [0.29, 0.717) is 75.7 Å². The van der Waals surface area contributed by atoms with Gasteiger partial charge in [0.15, 0.2) is 0 Å². The Morgan fingerprint density at radius 2 is 0.962 bits per heavy atom. The predicted octanol–water partition coefficient (Wildman–Crippen LogP) is 15.2. The molecule has 8 aromatic carbocycles. The maximum absolute atomic E-state index is 11.6. The predicted molar refractivity (Wildman–Crippen MR) is 421 cm³/mol. The van der Waals surface area contributed by atoms with E-state index >= 15 is 0 Å². The van der Waals surface area contributed by atoms with Crippen molar-refractivity contribution in [3.05, 3.63) is 255 Å². The molecule has 0 radical (unpaired) electrons. The summed E-state index contributed by atoms with van der Waals surface area (Å²) in [6.45, 7) is 7.01. The number of hydrogen-bond donors (Lipinski definition) is 4. The highest BCUT2D eigenvalue weighted by Gasteiger charge is 2.17. The molecule has 105 heavy (non-hydrogen) atoms. The minimum Gasteiger partial charge on any atom is -0.497 e. The molecule has 0 atom stereocenters. The number of H-pyrrole nitrogens is 3. The largest absolute Gasteiger partial charge is 0.497 e. The Morgan fingerprint density at radius 3 is 1.51 bits per heavy atom. The number of hydrogen-bond acceptors (Lipinski definition) is 22. The van der Waals surface area contributed by atoms with E-state index in [1.54, 1.807) is 56.7 Å². The SMILES string of the molecule is COC(=O)c1ccc(Br)cc1N.COc1ccc(COc2nc(OCc3ccc(OC)cc3)c3ccc(Br)cc3n2)cc1.Clc1nc(Cl)c2ccc(Br)cc2n1.Clc1nc(Cl)c2ccc(N3CCOCC3)cc2n1.O=c1[nH]c(=O)c2ccc(N3CCOCC3)cc2[nH]1.O=c1[nH]c2cc(Br)ccc2c(=O)o1. The first kappa shape index (κ1) is 78.3. The molecule has 33 heteroatoms. The molecule has 2 saturated heterocycles. The van der Waals surface area contributed by atoms with Gasteiger partial charge < -0.3 is 58.1 Å². The van der Waals surface area contributed by atoms with Crippen LogP contribution >= 0.6 is 110 Å². The van der Waals surface area contributed by atoms with Gasteiger partial charge in [-0.15, -0.1) is 0 Å². The van der Waals surface area contributed by atoms with Crippen LogP contribution in [0.25, 0.3) is 54.5 Å². The highest BCUT2D eigenvalue weighted by atomic mass is 79.9. The van der Waals surface area contributed by atoms with Crippen molar-refractivity contribution in [2.24, 2.45) is 0 Å². The van der Waals surface area contributed by atoms with Gasteiger partial charge in [-0.3, -0.25) is 14.8 Å². The summed E-state index contributed by atoms with van der Waals surface area (Å²) in [6.07, 6.45) is 0. The fraction of sp³-hybridized carbons (Fsp3) is 0.181. The molecule has 7 heterocycles. The molecule has 542 valence electrons. The molecule has 5 aromatic heterocycles. The van der Waals surface area contributed by atoms with Gasteiger partial charge in [0.1, 0.15) is 35.0 Å². The van der Waals surface area contributed by atoms with Crippen molar-refractivity contribution in [3.8, 4) is 23.4 Å². The number of nitrogens with two attached hydrogens (primary N) is 1. The minimum absolute atomic E-state index is 0.163. The van der Waals surface area contributed by atoms with Gasteiger partial charge >= 0.3 is 29.1 Å². The molecule has 0 saturated carbocycles. The summed E-state index contributed by atoms with van der Waals surface area (Å²) in [6, 6.07) is 48.3. The molecule has 0 aliphatic carbocycles. The third-order valence-electron chi connectivity index (χ3n) is 15.4. The Kier molecular flexibility index (Phi) is 28.1. The summed E-state index contributed by atoms with van der Waals surface area (Å²) in [4.78, 5) is 92.5. The van der Waals surface area contributed by atoms with Gasteiger partial charge in [-0.1, -0.05) is 111 Å². The van der Waals surface area contributed by atoms with E-state index in [2.05, 4.69) is 128 Å². The molecule has 2 fully saturated rings. The van der Waals surface area contributed by atoms with Crippen LogP contribution in [0.1, 0.15) is 21.5 Å². The number of nitrogen functional groups attached to an aromatic ring is 1. The zero-order chi connectivity index (χ0) is 74.7. The van der Waals surface area contributed by atoms with Gasteiger partial charge in [0.2, 0.25) is 16.4 Å². The van der Waals surface area contributed by atoms with E-state index in [4.69, 9.17) is 80.6 Å². The minimum atomic E-state index is -0.740. The van der Waals surface area contributed by atoms with Crippen LogP contribution in [0.5, 0.6) is 23.4 Å². The van der Waals surface area contributed by atoms with Crippen molar-refractivity contribution in [1.29, 1.82) is 0 Å². The van der Waals surface area contributed by atoms with Crippen LogP contribution in [0.3, 0.4) is 0 Å². The van der Waals surface area contributed by atoms with Gasteiger partial charge in [-0.05, 0) is 168 Å². The van der Waals surface area contributed by atoms with E-state index in [1.807, 2.05) is 115 Å². The summed E-state index contributed by atoms with van der Waals surface area (Å²) in [5, 5.41) is 4.39. The number of morpholine rings is 2. The van der Waals surface area contributed by atoms with E-state index in [1.165, 1.54) is 7.11 Å². The number of methoxy groups -OCH3 is 3. The number of esters is 1. The molecule has 0 amide bonds. The summed E-state index contributed by atoms with van der Waals surface area (Å²) < 4.78 is 45.3. The second-order valence-corrected chi connectivity index (χ2v) is 27.3. The number of ether oxygens (including phenoxy) is 7. The first-order chi connectivity index (χ1) is 50.6. The van der Waals surface area contributed by atoms with Gasteiger partial charge in [0, 0.05) is 71.9 Å². The van der Waals surface area contributed by atoms with Crippen molar-refractivity contribution in [1.82, 2.24) is 44.9 Å². The lowest BCUT2D eigenvalue weighted by Crippen LogP contribution is -2.36. The number of halogens is 8. The van der Waals surface area contributed by atoms with Gasteiger partial charge in [-0.25, -0.2) is 39.1 Å². The lowest BCUT2D eigenvalue weighted by molar-refractivity contribution is 0.0601. The van der Waals surface area contributed by atoms with E-state index in [0.717, 1.165) is 124 Å². The van der Waals surface area contributed by atoms with Gasteiger partial charge in [-0.2, -0.15) is 9.97 Å². The number of carbonyl (C=O) groups is 1. The molecule has 0 unspecified atom stereocenters. The molecular formula is C72H60Br4Cl4N12O13. The van der Waals surface area contributed by atoms with Crippen LogP contribution in [0.2, 0.25) is 20.9 Å². The number of nitrogens with one attached hydrogen (secondary N) is 3. The lowest BCUT2D eigenvalue weighted by atomic mass is 10.2. The second kappa shape index (κ2) is 37.6. The first-order valence-corrected chi connectivity index (χ1v) is 36.1. The number of anilines is 3. The quantitative estimate of drug-likeness (QED) is 0.0404. The monoisotopic (exact) mass is 1760 g/mol. The lowest BCUT2D eigenvalue weighted by Gasteiger charge is -2.28. The van der Waals surface area contributed by atoms with Crippen LogP contribution in [0.15, 0.2) is 199 Å². The van der Waals surface area contributed by atoms with E-state index < -0.39 is 23.0 Å². The van der Waals surface area contributed by atoms with Crippen LogP contribution < -0.4 is 57.1 Å². The fourth-order valence-corrected chi connectivity index (χ4v) is 12.5. The van der Waals surface area contributed by atoms with Crippen molar-refractivity contribution < 1.29 is 42.4 Å². The summed E-state index contributed by atoms with van der Waals surface area (Å²) in [7, 11) is 4.61. The average Bonchev–Trinajstić information content (AvgIpc) is 0.829. The highest BCUT2D eigenvalue weighted by molar-refractivity contribution is 9.11. The number of carbonyl (C=O) groups excluding carboxylic acids is 1. The molecule has 5 N–H and O–H groups in total. The number of benzene rings is 8. The topological polar surface area (TPSA) is 320 Å². The smallest absolute Gasteiger partial charge is 0.419 e. The zero-order valence-electron chi connectivity index (χ0n) is 55.6. The number of aromatic amines is 3. The standard InChI is InChI=1S/C24H21BrN2O4.C12H11Cl2N3O.C12H13N3O3.C8H3BrCl2N2.C8H4BrNO3.C8H8BrNO2/c1-28-19-8-3-16(4-9-19)14-30-23-21-12-7-18(25)13-22(21)26-24(27-23)31-15-17-5-10-20(29-2)11-6-17;13-11-9-2-1-8(17-3-5-18-6-4-17)7-10(9)15-12(14)16-11;16-11-9-2-1-8(15-3-5-18-6-4-15)7-10(9)13-12(17)14-11;9-4-1-2-5-6(3-4)12-8(11)13-7(5)10;9-4-1-2-5-6(3-4)10-8(12)13-7(5)11;1-12-8(11)6-3-2-5(9)4-7(6)10/h3-13H,14-15H2,1-2H3;1-2,7H,3-6H2;1-2,7H,3-6H2,(H2,13,14,16,17);1-3H;1-3H,(H,10,12);2-4H,10H2,1H3. The Balaban J connectivity index is 0.000000140. The Morgan fingerprint density at radius 1 is 0.495 bits per heavy atom. The number of aromatic nitrogens is 9. The molecule has 2 aliphatic rings. The van der Waals surface area contributed by atoms with E-state index in [9.17, 15) is 24.0 Å². The maximum Gasteiger partial charge on any atom is 0.419 e. The number of fused-ring (bicyclic) bond motifs is 5. The summed E-state index contributed by atoms with van der Waals surface area (Å²) in [5.74, 6) is 0.911. The van der Waals surface area contributed by atoms with Gasteiger partial charge in [0.05, 0.1) is 97.1 Å². The first-order valence-electron chi connectivity index (χ1n) is 31.4. The van der Waals surface area contributed by atoms with E-state index in [-0.39, 0.29) is 22.1 Å². The molecule has 0 spiro atoms.